The number of aliphatic hydroxyl groups excluding tert-OH is 1. The maximum absolute atomic E-state index is 13.5. The number of β-amino-alcohol motifs (C(OH)–C–C–N with tert-alkyl or cyclic N) is 1. The Kier molecular flexibility index (Phi) is 5.85. The number of fused-ring (bicyclic) bond motifs is 2. The summed E-state index contributed by atoms with van der Waals surface area (Å²) in [5.74, 6) is 1.96. The van der Waals surface area contributed by atoms with E-state index < -0.39 is 6.10 Å². The Balaban J connectivity index is 1.02. The molecule has 5 aromatic rings. The molecule has 8 nitrogen and oxygen atoms in total. The van der Waals surface area contributed by atoms with Crippen LogP contribution in [0, 0.1) is 5.82 Å². The van der Waals surface area contributed by atoms with E-state index in [-0.39, 0.29) is 12.4 Å². The van der Waals surface area contributed by atoms with Gasteiger partial charge in [0.1, 0.15) is 24.3 Å². The fourth-order valence-corrected chi connectivity index (χ4v) is 5.22. The summed E-state index contributed by atoms with van der Waals surface area (Å²) in [7, 11) is 0. The van der Waals surface area contributed by atoms with Gasteiger partial charge in [-0.25, -0.2) is 4.39 Å². The minimum absolute atomic E-state index is 0.198. The number of ether oxygens (including phenoxy) is 1. The molecule has 1 aliphatic heterocycles. The largest absolute Gasteiger partial charge is 0.491 e. The zero-order chi connectivity index (χ0) is 23.8. The smallest absolute Gasteiger partial charge is 0.175 e. The minimum atomic E-state index is -0.617. The fraction of sp³-hybridized carbons (Fsp3) is 0.280. The first kappa shape index (κ1) is 22.0. The van der Waals surface area contributed by atoms with Gasteiger partial charge in [-0.3, -0.25) is 10.00 Å². The van der Waals surface area contributed by atoms with Crippen molar-refractivity contribution in [2.45, 2.75) is 6.10 Å². The first-order chi connectivity index (χ1) is 17.1. The maximum atomic E-state index is 13.5. The summed E-state index contributed by atoms with van der Waals surface area (Å²) in [5.41, 5.74) is 1.59. The molecule has 35 heavy (non-hydrogen) atoms. The number of thiophene rings is 1. The van der Waals surface area contributed by atoms with Crippen LogP contribution in [0.5, 0.6) is 5.75 Å². The Morgan fingerprint density at radius 3 is 2.89 bits per heavy atom. The number of hydrogen-bond acceptors (Lipinski definition) is 8. The summed E-state index contributed by atoms with van der Waals surface area (Å²) in [4.78, 5) is 5.28. The molecule has 1 fully saturated rings. The topological polar surface area (TPSA) is 90.7 Å². The van der Waals surface area contributed by atoms with E-state index in [2.05, 4.69) is 25.2 Å². The number of rotatable bonds is 7. The highest BCUT2D eigenvalue weighted by Crippen LogP contribution is 2.33. The van der Waals surface area contributed by atoms with Gasteiger partial charge in [0.05, 0.1) is 10.9 Å². The predicted octanol–water partition coefficient (Wildman–Crippen LogP) is 4.13. The van der Waals surface area contributed by atoms with E-state index in [9.17, 15) is 9.50 Å². The number of benzene rings is 2. The molecule has 3 aromatic heterocycles. The monoisotopic (exact) mass is 493 g/mol. The molecule has 6 rings (SSSR count). The number of nitrogens with zero attached hydrogens (tertiary/aromatic N) is 4. The van der Waals surface area contributed by atoms with Gasteiger partial charge in [0.15, 0.2) is 16.4 Å². The molecular formula is C25H24FN5O3S. The summed E-state index contributed by atoms with van der Waals surface area (Å²) in [6, 6.07) is 14.3. The molecule has 1 atom stereocenters. The van der Waals surface area contributed by atoms with Gasteiger partial charge in [-0.05, 0) is 41.8 Å². The number of anilines is 1. The van der Waals surface area contributed by atoms with Gasteiger partial charge < -0.3 is 19.3 Å². The van der Waals surface area contributed by atoms with Crippen LogP contribution in [0.15, 0.2) is 58.4 Å². The van der Waals surface area contributed by atoms with Crippen molar-refractivity contribution in [2.75, 3.05) is 44.2 Å². The summed E-state index contributed by atoms with van der Waals surface area (Å²) in [5, 5.41) is 25.9. The van der Waals surface area contributed by atoms with Crippen molar-refractivity contribution in [3.63, 3.8) is 0 Å². The standard InChI is InChI=1S/C25H24FN5O3S/c26-17-4-5-20-22(13-17)27-28-24(20)31-9-7-30(8-10-31)14-18(32)15-33-19-3-1-2-16(12-19)23-21-6-11-35-25(21)29-34-23/h1-6,11-13,18,32H,7-10,14-15H2,(H,27,28)/t18-/m1/s1. The lowest BCUT2D eigenvalue weighted by Gasteiger charge is -2.35. The Bertz CT molecular complexity index is 1460. The predicted molar refractivity (Wildman–Crippen MR) is 134 cm³/mol. The van der Waals surface area contributed by atoms with E-state index >= 15 is 0 Å². The van der Waals surface area contributed by atoms with Crippen LogP contribution in [0.4, 0.5) is 10.2 Å². The highest BCUT2D eigenvalue weighted by Gasteiger charge is 2.22. The van der Waals surface area contributed by atoms with Crippen molar-refractivity contribution in [3.8, 4) is 17.1 Å². The van der Waals surface area contributed by atoms with Crippen molar-refractivity contribution < 1.29 is 18.8 Å². The number of hydrogen-bond donors (Lipinski definition) is 2. The molecule has 0 spiro atoms. The average Bonchev–Trinajstić information content (AvgIpc) is 3.59. The lowest BCUT2D eigenvalue weighted by molar-refractivity contribution is 0.0663. The van der Waals surface area contributed by atoms with E-state index in [1.165, 1.54) is 12.1 Å². The van der Waals surface area contributed by atoms with Crippen LogP contribution in [0.25, 0.3) is 32.4 Å². The van der Waals surface area contributed by atoms with Crippen LogP contribution in [0.3, 0.4) is 0 Å². The van der Waals surface area contributed by atoms with Crippen molar-refractivity contribution >= 4 is 38.3 Å². The number of piperazine rings is 1. The minimum Gasteiger partial charge on any atom is -0.491 e. The second-order valence-corrected chi connectivity index (χ2v) is 9.56. The van der Waals surface area contributed by atoms with E-state index in [0.717, 1.165) is 58.9 Å². The van der Waals surface area contributed by atoms with Crippen LogP contribution < -0.4 is 9.64 Å². The summed E-state index contributed by atoms with van der Waals surface area (Å²) in [6.45, 7) is 3.87. The number of aromatic nitrogens is 3. The van der Waals surface area contributed by atoms with Crippen LogP contribution in [-0.4, -0.2) is 70.8 Å². The van der Waals surface area contributed by atoms with Crippen LogP contribution >= 0.6 is 11.3 Å². The van der Waals surface area contributed by atoms with E-state index in [1.807, 2.05) is 35.7 Å². The van der Waals surface area contributed by atoms with Gasteiger partial charge in [0.25, 0.3) is 0 Å². The Hall–Kier alpha value is -3.47. The molecule has 0 bridgehead atoms. The molecule has 0 aliphatic carbocycles. The normalized spacial score (nSPS) is 15.8. The number of nitrogens with one attached hydrogen (secondary N) is 1. The van der Waals surface area contributed by atoms with Crippen molar-refractivity contribution in [1.82, 2.24) is 20.3 Å². The Morgan fingerprint density at radius 1 is 1.11 bits per heavy atom. The Morgan fingerprint density at radius 2 is 2.00 bits per heavy atom. The molecule has 0 radical (unpaired) electrons. The van der Waals surface area contributed by atoms with Crippen LogP contribution in [0.2, 0.25) is 0 Å². The zero-order valence-electron chi connectivity index (χ0n) is 18.9. The molecule has 2 N–H and O–H groups in total. The number of halogens is 1. The molecule has 1 saturated heterocycles. The molecule has 2 aromatic carbocycles. The number of H-pyrrole nitrogens is 1. The van der Waals surface area contributed by atoms with Gasteiger partial charge in [-0.15, -0.1) is 11.3 Å². The maximum Gasteiger partial charge on any atom is 0.175 e. The third-order valence-corrected chi connectivity index (χ3v) is 7.08. The van der Waals surface area contributed by atoms with E-state index in [4.69, 9.17) is 9.26 Å². The molecule has 0 amide bonds. The third-order valence-electron chi connectivity index (χ3n) is 6.29. The molecule has 0 saturated carbocycles. The summed E-state index contributed by atoms with van der Waals surface area (Å²) >= 11 is 1.54. The van der Waals surface area contributed by atoms with Crippen LogP contribution in [-0.2, 0) is 0 Å². The van der Waals surface area contributed by atoms with Gasteiger partial charge >= 0.3 is 0 Å². The molecule has 1 aliphatic rings. The van der Waals surface area contributed by atoms with Gasteiger partial charge in [0, 0.05) is 43.7 Å². The number of aromatic amines is 1. The third kappa shape index (κ3) is 4.47. The van der Waals surface area contributed by atoms with Crippen molar-refractivity contribution in [1.29, 1.82) is 0 Å². The summed E-state index contributed by atoms with van der Waals surface area (Å²) in [6.07, 6.45) is -0.617. The molecular weight excluding hydrogens is 469 g/mol. The quantitative estimate of drug-likeness (QED) is 0.352. The fourth-order valence-electron chi connectivity index (χ4n) is 4.52. The lowest BCUT2D eigenvalue weighted by atomic mass is 10.1. The Labute approximate surface area is 204 Å². The first-order valence-corrected chi connectivity index (χ1v) is 12.4. The van der Waals surface area contributed by atoms with E-state index in [1.54, 1.807) is 17.4 Å². The van der Waals surface area contributed by atoms with Crippen LogP contribution in [0.1, 0.15) is 0 Å². The molecule has 180 valence electrons. The molecule has 4 heterocycles. The van der Waals surface area contributed by atoms with Gasteiger partial charge in [-0.2, -0.15) is 5.10 Å². The van der Waals surface area contributed by atoms with E-state index in [0.29, 0.717) is 17.8 Å². The van der Waals surface area contributed by atoms with Crippen molar-refractivity contribution in [3.05, 3.63) is 59.7 Å². The summed E-state index contributed by atoms with van der Waals surface area (Å²) < 4.78 is 24.8. The first-order valence-electron chi connectivity index (χ1n) is 11.5. The SMILES string of the molecule is O[C@@H](COc1cccc(-c2onc3sccc23)c1)CN1CCN(c2n[nH]c3cc(F)ccc23)CC1. The van der Waals surface area contributed by atoms with Gasteiger partial charge in [0.2, 0.25) is 0 Å². The molecule has 0 unspecified atom stereocenters. The lowest BCUT2D eigenvalue weighted by Crippen LogP contribution is -2.49. The molecule has 10 heteroatoms. The highest BCUT2D eigenvalue weighted by atomic mass is 32.1. The zero-order valence-corrected chi connectivity index (χ0v) is 19.7. The number of aliphatic hydroxyl groups is 1. The highest BCUT2D eigenvalue weighted by molar-refractivity contribution is 7.16. The van der Waals surface area contributed by atoms with Gasteiger partial charge in [-0.1, -0.05) is 17.3 Å². The second-order valence-electron chi connectivity index (χ2n) is 8.67. The average molecular weight is 494 g/mol. The second kappa shape index (κ2) is 9.29. The van der Waals surface area contributed by atoms with Crippen molar-refractivity contribution in [2.24, 2.45) is 0 Å².